The van der Waals surface area contributed by atoms with Gasteiger partial charge in [0.25, 0.3) is 0 Å². The van der Waals surface area contributed by atoms with Gasteiger partial charge in [-0.1, -0.05) is 30.3 Å². The SMILES string of the molecule is O=C(Cc1ccccc1)N1CCC(Cn2ccc3nc(-c4cnn(C5CCCCO5)c4)ccc32)CC1. The van der Waals surface area contributed by atoms with Gasteiger partial charge in [0, 0.05) is 44.2 Å². The summed E-state index contributed by atoms with van der Waals surface area (Å²) < 4.78 is 10.1. The molecule has 2 fully saturated rings. The summed E-state index contributed by atoms with van der Waals surface area (Å²) in [6.45, 7) is 3.45. The minimum absolute atomic E-state index is 0.0392. The van der Waals surface area contributed by atoms with Crippen LogP contribution in [-0.2, 0) is 22.5 Å². The molecule has 1 atom stereocenters. The topological polar surface area (TPSA) is 65.2 Å². The summed E-state index contributed by atoms with van der Waals surface area (Å²) >= 11 is 0. The van der Waals surface area contributed by atoms with E-state index in [0.717, 1.165) is 79.8 Å². The van der Waals surface area contributed by atoms with Crippen LogP contribution in [-0.4, -0.2) is 49.8 Å². The number of hydrogen-bond acceptors (Lipinski definition) is 4. The summed E-state index contributed by atoms with van der Waals surface area (Å²) in [5.41, 5.74) is 5.21. The number of likely N-dealkylation sites (tertiary alicyclic amines) is 1. The number of aromatic nitrogens is 4. The monoisotopic (exact) mass is 483 g/mol. The first-order valence-corrected chi connectivity index (χ1v) is 13.2. The molecule has 5 heterocycles. The van der Waals surface area contributed by atoms with Crippen LogP contribution in [0.3, 0.4) is 0 Å². The van der Waals surface area contributed by atoms with Crippen LogP contribution in [0.4, 0.5) is 0 Å². The van der Waals surface area contributed by atoms with Gasteiger partial charge >= 0.3 is 0 Å². The van der Waals surface area contributed by atoms with Crippen LogP contribution < -0.4 is 0 Å². The lowest BCUT2D eigenvalue weighted by atomic mass is 9.96. The van der Waals surface area contributed by atoms with Gasteiger partial charge < -0.3 is 14.2 Å². The van der Waals surface area contributed by atoms with E-state index in [2.05, 4.69) is 34.1 Å². The van der Waals surface area contributed by atoms with Crippen molar-refractivity contribution in [3.8, 4) is 11.3 Å². The van der Waals surface area contributed by atoms with Gasteiger partial charge in [-0.05, 0) is 61.8 Å². The number of hydrogen-bond donors (Lipinski definition) is 0. The molecule has 0 bridgehead atoms. The molecule has 1 unspecified atom stereocenters. The predicted octanol–water partition coefficient (Wildman–Crippen LogP) is 5.08. The standard InChI is InChI=1S/C29H33N5O2/c35-28(18-22-6-2-1-3-7-22)32-14-11-23(12-15-32)20-33-16-13-26-27(33)10-9-25(31-26)24-19-30-34(21-24)29-8-4-5-17-36-29/h1-3,6-7,9-10,13,16,19,21,23,29H,4-5,8,11-12,14-15,17-18,20H2. The lowest BCUT2D eigenvalue weighted by Gasteiger charge is -2.32. The number of ether oxygens (including phenoxy) is 1. The quantitative estimate of drug-likeness (QED) is 0.384. The van der Waals surface area contributed by atoms with Crippen molar-refractivity contribution in [2.45, 2.75) is 51.3 Å². The molecular weight excluding hydrogens is 450 g/mol. The van der Waals surface area contributed by atoms with E-state index < -0.39 is 0 Å². The molecule has 0 aliphatic carbocycles. The number of nitrogens with zero attached hydrogens (tertiary/aromatic N) is 5. The molecule has 0 N–H and O–H groups in total. The number of carbonyl (C=O) groups excluding carboxylic acids is 1. The van der Waals surface area contributed by atoms with Crippen molar-refractivity contribution >= 4 is 16.9 Å². The van der Waals surface area contributed by atoms with Crippen LogP contribution in [0.15, 0.2) is 67.1 Å². The van der Waals surface area contributed by atoms with Gasteiger partial charge in [0.1, 0.15) is 6.23 Å². The molecule has 0 radical (unpaired) electrons. The summed E-state index contributed by atoms with van der Waals surface area (Å²) in [6, 6.07) is 16.4. The third-order valence-electron chi connectivity index (χ3n) is 7.59. The minimum atomic E-state index is 0.0392. The van der Waals surface area contributed by atoms with E-state index in [-0.39, 0.29) is 12.1 Å². The van der Waals surface area contributed by atoms with Gasteiger partial charge in [0.2, 0.25) is 5.91 Å². The second-order valence-corrected chi connectivity index (χ2v) is 10.1. The number of benzene rings is 1. The van der Waals surface area contributed by atoms with Gasteiger partial charge in [-0.15, -0.1) is 0 Å². The van der Waals surface area contributed by atoms with Crippen LogP contribution >= 0.6 is 0 Å². The van der Waals surface area contributed by atoms with E-state index in [1.807, 2.05) is 52.3 Å². The number of rotatable bonds is 6. The smallest absolute Gasteiger partial charge is 0.226 e. The molecule has 186 valence electrons. The highest BCUT2D eigenvalue weighted by molar-refractivity contribution is 5.79. The summed E-state index contributed by atoms with van der Waals surface area (Å²) in [5, 5.41) is 4.54. The lowest BCUT2D eigenvalue weighted by Crippen LogP contribution is -2.40. The fourth-order valence-electron chi connectivity index (χ4n) is 5.48. The lowest BCUT2D eigenvalue weighted by molar-refractivity contribution is -0.131. The van der Waals surface area contributed by atoms with Crippen molar-refractivity contribution in [2.75, 3.05) is 19.7 Å². The molecule has 7 heteroatoms. The van der Waals surface area contributed by atoms with E-state index >= 15 is 0 Å². The van der Waals surface area contributed by atoms with Crippen LogP contribution in [0.2, 0.25) is 0 Å². The molecule has 7 nitrogen and oxygen atoms in total. The largest absolute Gasteiger partial charge is 0.357 e. The first-order chi connectivity index (χ1) is 17.7. The van der Waals surface area contributed by atoms with Crippen molar-refractivity contribution < 1.29 is 9.53 Å². The molecule has 0 spiro atoms. The van der Waals surface area contributed by atoms with Gasteiger partial charge in [0.15, 0.2) is 0 Å². The van der Waals surface area contributed by atoms with Crippen molar-refractivity contribution in [3.05, 3.63) is 72.7 Å². The fraction of sp³-hybridized carbons (Fsp3) is 0.414. The normalized spacial score (nSPS) is 19.1. The van der Waals surface area contributed by atoms with Crippen LogP contribution in [0.1, 0.15) is 43.9 Å². The van der Waals surface area contributed by atoms with E-state index in [1.54, 1.807) is 0 Å². The second-order valence-electron chi connectivity index (χ2n) is 10.1. The highest BCUT2D eigenvalue weighted by Crippen LogP contribution is 2.27. The molecule has 6 rings (SSSR count). The number of carbonyl (C=O) groups is 1. The third kappa shape index (κ3) is 4.93. The van der Waals surface area contributed by atoms with Crippen molar-refractivity contribution in [3.63, 3.8) is 0 Å². The Morgan fingerprint density at radius 2 is 1.86 bits per heavy atom. The predicted molar refractivity (Wildman–Crippen MR) is 139 cm³/mol. The van der Waals surface area contributed by atoms with Crippen LogP contribution in [0.5, 0.6) is 0 Å². The Balaban J connectivity index is 1.07. The zero-order valence-corrected chi connectivity index (χ0v) is 20.6. The highest BCUT2D eigenvalue weighted by Gasteiger charge is 2.23. The molecule has 3 aromatic heterocycles. The summed E-state index contributed by atoms with van der Waals surface area (Å²) in [5.74, 6) is 0.802. The molecule has 4 aromatic rings. The molecule has 1 aromatic carbocycles. The Bertz CT molecular complexity index is 1310. The fourth-order valence-corrected chi connectivity index (χ4v) is 5.48. The maximum atomic E-state index is 12.7. The van der Waals surface area contributed by atoms with Gasteiger partial charge in [-0.2, -0.15) is 5.10 Å². The molecule has 36 heavy (non-hydrogen) atoms. The van der Waals surface area contributed by atoms with Gasteiger partial charge in [0.05, 0.1) is 29.3 Å². The van der Waals surface area contributed by atoms with E-state index in [9.17, 15) is 4.79 Å². The van der Waals surface area contributed by atoms with Crippen molar-refractivity contribution in [1.82, 2.24) is 24.2 Å². The molecule has 2 aliphatic heterocycles. The van der Waals surface area contributed by atoms with Crippen molar-refractivity contribution in [1.29, 1.82) is 0 Å². The minimum Gasteiger partial charge on any atom is -0.357 e. The number of amides is 1. The zero-order valence-electron chi connectivity index (χ0n) is 20.6. The summed E-state index contributed by atoms with van der Waals surface area (Å²) in [4.78, 5) is 19.7. The Hall–Kier alpha value is -3.45. The van der Waals surface area contributed by atoms with Crippen LogP contribution in [0.25, 0.3) is 22.3 Å². The van der Waals surface area contributed by atoms with Crippen LogP contribution in [0, 0.1) is 5.92 Å². The average molecular weight is 484 g/mol. The number of piperidine rings is 1. The molecule has 2 aliphatic rings. The maximum Gasteiger partial charge on any atom is 0.226 e. The Labute approximate surface area is 211 Å². The molecule has 0 saturated carbocycles. The first kappa shape index (κ1) is 23.0. The third-order valence-corrected chi connectivity index (χ3v) is 7.59. The van der Waals surface area contributed by atoms with Crippen molar-refractivity contribution in [2.24, 2.45) is 5.92 Å². The zero-order chi connectivity index (χ0) is 24.3. The Morgan fingerprint density at radius 1 is 1.00 bits per heavy atom. The average Bonchev–Trinajstić information content (AvgIpc) is 3.58. The molecular formula is C29H33N5O2. The maximum absolute atomic E-state index is 12.7. The van der Waals surface area contributed by atoms with E-state index in [0.29, 0.717) is 12.3 Å². The Morgan fingerprint density at radius 3 is 2.67 bits per heavy atom. The Kier molecular flexibility index (Phi) is 6.55. The highest BCUT2D eigenvalue weighted by atomic mass is 16.5. The van der Waals surface area contributed by atoms with Gasteiger partial charge in [-0.3, -0.25) is 4.79 Å². The van der Waals surface area contributed by atoms with Gasteiger partial charge in [-0.25, -0.2) is 9.67 Å². The van der Waals surface area contributed by atoms with E-state index in [4.69, 9.17) is 9.72 Å². The van der Waals surface area contributed by atoms with E-state index in [1.165, 1.54) is 6.42 Å². The summed E-state index contributed by atoms with van der Waals surface area (Å²) in [6.07, 6.45) is 12.0. The molecule has 2 saturated heterocycles. The first-order valence-electron chi connectivity index (χ1n) is 13.2. The second kappa shape index (κ2) is 10.3. The summed E-state index contributed by atoms with van der Waals surface area (Å²) in [7, 11) is 0. The number of pyridine rings is 1. The number of fused-ring (bicyclic) bond motifs is 1. The molecule has 1 amide bonds.